The summed E-state index contributed by atoms with van der Waals surface area (Å²) >= 11 is 3.10. The van der Waals surface area contributed by atoms with Gasteiger partial charge in [-0.05, 0) is 32.4 Å². The minimum atomic E-state index is 0.219. The maximum Gasteiger partial charge on any atom is 0.178 e. The van der Waals surface area contributed by atoms with Gasteiger partial charge in [-0.25, -0.2) is 0 Å². The van der Waals surface area contributed by atoms with E-state index in [0.29, 0.717) is 5.69 Å². The largest absolute Gasteiger partial charge is 0.396 e. The van der Waals surface area contributed by atoms with Crippen molar-refractivity contribution in [2.75, 3.05) is 37.1 Å². The van der Waals surface area contributed by atoms with Gasteiger partial charge in [0.2, 0.25) is 0 Å². The van der Waals surface area contributed by atoms with Gasteiger partial charge in [0.1, 0.15) is 5.00 Å². The smallest absolute Gasteiger partial charge is 0.178 e. The number of carbonyl (C=O) groups is 1. The van der Waals surface area contributed by atoms with Crippen molar-refractivity contribution in [2.24, 2.45) is 5.92 Å². The summed E-state index contributed by atoms with van der Waals surface area (Å²) in [6.45, 7) is 4.34. The summed E-state index contributed by atoms with van der Waals surface area (Å²) in [7, 11) is 0. The number of thioether (sulfide) groups is 1. The first kappa shape index (κ1) is 15.7. The van der Waals surface area contributed by atoms with E-state index in [-0.39, 0.29) is 11.7 Å². The van der Waals surface area contributed by atoms with Gasteiger partial charge in [-0.3, -0.25) is 4.79 Å². The van der Waals surface area contributed by atoms with Crippen molar-refractivity contribution in [3.05, 3.63) is 4.88 Å². The van der Waals surface area contributed by atoms with E-state index in [0.717, 1.165) is 53.8 Å². The molecule has 0 unspecified atom stereocenters. The first-order valence-corrected chi connectivity index (χ1v) is 9.05. The third kappa shape index (κ3) is 3.68. The number of anilines is 2. The standard InChI is InChI=1S/C14H22N2O2S2/c1-3-18-8-4-7-16-14-13(19-2)10(15)12(20-14)11(17)9-5-6-9/h9,16H,3-8,15H2,1-2H3. The molecule has 1 saturated carbocycles. The lowest BCUT2D eigenvalue weighted by molar-refractivity contribution is 0.0972. The highest BCUT2D eigenvalue weighted by molar-refractivity contribution is 7.99. The maximum atomic E-state index is 12.2. The van der Waals surface area contributed by atoms with E-state index in [1.165, 1.54) is 11.3 Å². The number of nitrogens with one attached hydrogen (secondary N) is 1. The van der Waals surface area contributed by atoms with Gasteiger partial charge < -0.3 is 15.8 Å². The number of hydrogen-bond donors (Lipinski definition) is 2. The number of ketones is 1. The van der Waals surface area contributed by atoms with Gasteiger partial charge in [-0.1, -0.05) is 0 Å². The molecule has 1 aromatic heterocycles. The fourth-order valence-corrected chi connectivity index (χ4v) is 4.06. The minimum Gasteiger partial charge on any atom is -0.396 e. The zero-order valence-electron chi connectivity index (χ0n) is 12.0. The molecule has 6 heteroatoms. The first-order chi connectivity index (χ1) is 9.69. The molecule has 1 aliphatic carbocycles. The molecule has 1 aromatic rings. The molecule has 0 saturated heterocycles. The Bertz CT molecular complexity index is 470. The molecule has 0 aromatic carbocycles. The van der Waals surface area contributed by atoms with E-state index < -0.39 is 0 Å². The Balaban J connectivity index is 2.00. The van der Waals surface area contributed by atoms with Crippen LogP contribution in [0.1, 0.15) is 35.9 Å². The monoisotopic (exact) mass is 314 g/mol. The summed E-state index contributed by atoms with van der Waals surface area (Å²) in [6.07, 6.45) is 4.98. The Kier molecular flexibility index (Phi) is 5.74. The molecule has 3 N–H and O–H groups in total. The number of Topliss-reactive ketones (excluding diaryl/α,β-unsaturated/α-hetero) is 1. The molecular formula is C14H22N2O2S2. The second-order valence-electron chi connectivity index (χ2n) is 4.82. The highest BCUT2D eigenvalue weighted by Gasteiger charge is 2.33. The summed E-state index contributed by atoms with van der Waals surface area (Å²) in [5.41, 5.74) is 6.80. The van der Waals surface area contributed by atoms with E-state index in [2.05, 4.69) is 5.32 Å². The summed E-state index contributed by atoms with van der Waals surface area (Å²) < 4.78 is 5.31. The lowest BCUT2D eigenvalue weighted by Crippen LogP contribution is -2.05. The van der Waals surface area contributed by atoms with Crippen molar-refractivity contribution in [3.63, 3.8) is 0 Å². The van der Waals surface area contributed by atoms with Crippen molar-refractivity contribution in [1.82, 2.24) is 0 Å². The van der Waals surface area contributed by atoms with Crippen LogP contribution in [-0.4, -0.2) is 31.8 Å². The van der Waals surface area contributed by atoms with E-state index in [1.807, 2.05) is 13.2 Å². The number of hydrogen-bond acceptors (Lipinski definition) is 6. The molecule has 0 radical (unpaired) electrons. The number of rotatable bonds is 9. The van der Waals surface area contributed by atoms with Gasteiger partial charge in [0.25, 0.3) is 0 Å². The molecule has 4 nitrogen and oxygen atoms in total. The number of carbonyl (C=O) groups excluding carboxylic acids is 1. The van der Waals surface area contributed by atoms with Crippen LogP contribution < -0.4 is 11.1 Å². The number of thiophene rings is 1. The predicted octanol–water partition coefficient (Wildman–Crippen LogP) is 3.48. The molecule has 0 bridgehead atoms. The van der Waals surface area contributed by atoms with Gasteiger partial charge in [0.15, 0.2) is 5.78 Å². The van der Waals surface area contributed by atoms with Gasteiger partial charge in [-0.15, -0.1) is 23.1 Å². The summed E-state index contributed by atoms with van der Waals surface area (Å²) in [5, 5.41) is 4.41. The number of nitrogens with two attached hydrogens (primary N) is 1. The molecule has 1 heterocycles. The Morgan fingerprint density at radius 3 is 2.90 bits per heavy atom. The van der Waals surface area contributed by atoms with Crippen LogP contribution in [0.5, 0.6) is 0 Å². The molecule has 0 amide bonds. The molecule has 0 spiro atoms. The summed E-state index contributed by atoms with van der Waals surface area (Å²) in [5.74, 6) is 0.446. The first-order valence-electron chi connectivity index (χ1n) is 7.01. The molecule has 2 rings (SSSR count). The Morgan fingerprint density at radius 2 is 2.30 bits per heavy atom. The molecule has 0 aliphatic heterocycles. The van der Waals surface area contributed by atoms with Crippen LogP contribution in [0.4, 0.5) is 10.7 Å². The zero-order chi connectivity index (χ0) is 14.5. The number of ether oxygens (including phenoxy) is 1. The van der Waals surface area contributed by atoms with Crippen LogP contribution >= 0.6 is 23.1 Å². The fourth-order valence-electron chi connectivity index (χ4n) is 1.98. The number of nitrogen functional groups attached to an aromatic ring is 1. The lowest BCUT2D eigenvalue weighted by atomic mass is 10.2. The normalized spacial score (nSPS) is 14.5. The Morgan fingerprint density at radius 1 is 1.55 bits per heavy atom. The predicted molar refractivity (Wildman–Crippen MR) is 87.2 cm³/mol. The van der Waals surface area contributed by atoms with Crippen molar-refractivity contribution in [3.8, 4) is 0 Å². The highest BCUT2D eigenvalue weighted by Crippen LogP contribution is 2.45. The van der Waals surface area contributed by atoms with Crippen LogP contribution in [0.3, 0.4) is 0 Å². The average molecular weight is 314 g/mol. The van der Waals surface area contributed by atoms with Crippen LogP contribution in [0.15, 0.2) is 4.90 Å². The second-order valence-corrected chi connectivity index (χ2v) is 6.66. The van der Waals surface area contributed by atoms with E-state index in [4.69, 9.17) is 10.5 Å². The van der Waals surface area contributed by atoms with Crippen molar-refractivity contribution in [2.45, 2.75) is 31.1 Å². The summed E-state index contributed by atoms with van der Waals surface area (Å²) in [4.78, 5) is 13.9. The SMILES string of the molecule is CCOCCCNc1sc(C(=O)C2CC2)c(N)c1SC. The fraction of sp³-hybridized carbons (Fsp3) is 0.643. The molecule has 1 aliphatic rings. The van der Waals surface area contributed by atoms with Crippen LogP contribution in [0, 0.1) is 5.92 Å². The molecule has 0 atom stereocenters. The molecular weight excluding hydrogens is 292 g/mol. The summed E-state index contributed by atoms with van der Waals surface area (Å²) in [6, 6.07) is 0. The van der Waals surface area contributed by atoms with E-state index in [1.54, 1.807) is 11.8 Å². The minimum absolute atomic E-state index is 0.219. The average Bonchev–Trinajstić information content (AvgIpc) is 3.23. The van der Waals surface area contributed by atoms with Gasteiger partial charge >= 0.3 is 0 Å². The van der Waals surface area contributed by atoms with E-state index >= 15 is 0 Å². The molecule has 1 fully saturated rings. The topological polar surface area (TPSA) is 64.3 Å². The van der Waals surface area contributed by atoms with Crippen LogP contribution in [-0.2, 0) is 4.74 Å². The van der Waals surface area contributed by atoms with Crippen molar-refractivity contribution < 1.29 is 9.53 Å². The third-order valence-electron chi connectivity index (χ3n) is 3.23. The van der Waals surface area contributed by atoms with Crippen molar-refractivity contribution >= 4 is 39.6 Å². The zero-order valence-corrected chi connectivity index (χ0v) is 13.7. The van der Waals surface area contributed by atoms with Gasteiger partial charge in [0, 0.05) is 25.7 Å². The quantitative estimate of drug-likeness (QED) is 0.415. The molecule has 112 valence electrons. The maximum absolute atomic E-state index is 12.2. The third-order valence-corrected chi connectivity index (χ3v) is 5.37. The second kappa shape index (κ2) is 7.33. The van der Waals surface area contributed by atoms with Crippen LogP contribution in [0.2, 0.25) is 0 Å². The van der Waals surface area contributed by atoms with Gasteiger partial charge in [-0.2, -0.15) is 0 Å². The van der Waals surface area contributed by atoms with E-state index in [9.17, 15) is 4.79 Å². The Hall–Kier alpha value is -0.720. The van der Waals surface area contributed by atoms with Crippen LogP contribution in [0.25, 0.3) is 0 Å². The lowest BCUT2D eigenvalue weighted by Gasteiger charge is -2.06. The highest BCUT2D eigenvalue weighted by atomic mass is 32.2. The Labute approximate surface area is 128 Å². The van der Waals surface area contributed by atoms with Gasteiger partial charge in [0.05, 0.1) is 15.5 Å². The molecule has 20 heavy (non-hydrogen) atoms. The van der Waals surface area contributed by atoms with Crippen molar-refractivity contribution in [1.29, 1.82) is 0 Å².